The highest BCUT2D eigenvalue weighted by molar-refractivity contribution is 8.18. The number of hydrogen-bond acceptors (Lipinski definition) is 5. The van der Waals surface area contributed by atoms with Crippen molar-refractivity contribution >= 4 is 46.4 Å². The van der Waals surface area contributed by atoms with Crippen LogP contribution in [0.5, 0.6) is 11.5 Å². The molecular weight excluding hydrogens is 460 g/mol. The fraction of sp³-hybridized carbons (Fsp3) is 0.0800. The average molecular weight is 479 g/mol. The van der Waals surface area contributed by atoms with E-state index in [0.29, 0.717) is 33.6 Å². The molecule has 1 N–H and O–H groups in total. The first-order valence-corrected chi connectivity index (χ1v) is 11.2. The number of nitrogens with one attached hydrogen (secondary N) is 1. The van der Waals surface area contributed by atoms with Gasteiger partial charge >= 0.3 is 0 Å². The van der Waals surface area contributed by atoms with Crippen LogP contribution in [-0.4, -0.2) is 24.1 Å². The van der Waals surface area contributed by atoms with Gasteiger partial charge in [0, 0.05) is 10.6 Å². The number of halogens is 1. The zero-order valence-electron chi connectivity index (χ0n) is 17.6. The molecule has 1 fully saturated rings. The first-order valence-electron chi connectivity index (χ1n) is 9.96. The van der Waals surface area contributed by atoms with Crippen LogP contribution in [0.1, 0.15) is 21.5 Å². The van der Waals surface area contributed by atoms with Crippen molar-refractivity contribution in [3.05, 3.63) is 99.4 Å². The largest absolute Gasteiger partial charge is 0.493 e. The lowest BCUT2D eigenvalue weighted by Crippen LogP contribution is -2.20. The lowest BCUT2D eigenvalue weighted by atomic mass is 10.2. The van der Waals surface area contributed by atoms with Crippen molar-refractivity contribution in [1.82, 2.24) is 5.32 Å². The number of ether oxygens (including phenoxy) is 2. The minimum absolute atomic E-state index is 0.223. The Labute approximate surface area is 200 Å². The van der Waals surface area contributed by atoms with Crippen molar-refractivity contribution in [2.24, 2.45) is 4.99 Å². The van der Waals surface area contributed by atoms with E-state index < -0.39 is 5.91 Å². The molecule has 1 saturated heterocycles. The van der Waals surface area contributed by atoms with Crippen molar-refractivity contribution in [1.29, 1.82) is 0 Å². The summed E-state index contributed by atoms with van der Waals surface area (Å²) in [5.41, 5.74) is 2.18. The number of amides is 2. The topological polar surface area (TPSA) is 77.0 Å². The molecule has 6 nitrogen and oxygen atoms in total. The van der Waals surface area contributed by atoms with E-state index >= 15 is 0 Å². The smallest absolute Gasteiger partial charge is 0.279 e. The number of methoxy groups -OCH3 is 1. The molecule has 166 valence electrons. The van der Waals surface area contributed by atoms with Crippen LogP contribution in [-0.2, 0) is 11.4 Å². The van der Waals surface area contributed by atoms with Crippen molar-refractivity contribution in [2.75, 3.05) is 7.11 Å². The van der Waals surface area contributed by atoms with Crippen LogP contribution < -0.4 is 14.8 Å². The van der Waals surface area contributed by atoms with Crippen molar-refractivity contribution < 1.29 is 19.1 Å². The van der Waals surface area contributed by atoms with Crippen molar-refractivity contribution in [3.8, 4) is 11.5 Å². The van der Waals surface area contributed by atoms with E-state index in [4.69, 9.17) is 21.1 Å². The van der Waals surface area contributed by atoms with Crippen LogP contribution in [0, 0.1) is 0 Å². The summed E-state index contributed by atoms with van der Waals surface area (Å²) in [5, 5.41) is 3.37. The van der Waals surface area contributed by atoms with E-state index in [0.717, 1.165) is 22.9 Å². The zero-order chi connectivity index (χ0) is 23.2. The number of rotatable bonds is 6. The third kappa shape index (κ3) is 5.83. The highest BCUT2D eigenvalue weighted by atomic mass is 35.5. The van der Waals surface area contributed by atoms with Crippen LogP contribution >= 0.6 is 23.4 Å². The second kappa shape index (κ2) is 10.4. The van der Waals surface area contributed by atoms with Gasteiger partial charge in [0.1, 0.15) is 6.61 Å². The van der Waals surface area contributed by atoms with Crippen LogP contribution in [0.4, 0.5) is 0 Å². The molecule has 8 heteroatoms. The van der Waals surface area contributed by atoms with Crippen LogP contribution in [0.2, 0.25) is 5.02 Å². The van der Waals surface area contributed by atoms with Crippen molar-refractivity contribution in [2.45, 2.75) is 6.61 Å². The Morgan fingerprint density at radius 2 is 1.82 bits per heavy atom. The highest BCUT2D eigenvalue weighted by Gasteiger charge is 2.25. The van der Waals surface area contributed by atoms with Crippen LogP contribution in [0.25, 0.3) is 6.08 Å². The van der Waals surface area contributed by atoms with Crippen LogP contribution in [0.3, 0.4) is 0 Å². The molecule has 4 rings (SSSR count). The van der Waals surface area contributed by atoms with E-state index in [2.05, 4.69) is 10.3 Å². The maximum Gasteiger partial charge on any atom is 0.279 e. The molecule has 2 amide bonds. The summed E-state index contributed by atoms with van der Waals surface area (Å²) in [6, 6.07) is 21.6. The molecule has 0 aliphatic carbocycles. The molecule has 0 bridgehead atoms. The third-order valence-corrected chi connectivity index (χ3v) is 5.83. The minimum Gasteiger partial charge on any atom is -0.493 e. The molecule has 3 aromatic rings. The molecule has 3 aromatic carbocycles. The van der Waals surface area contributed by atoms with E-state index in [1.165, 1.54) is 0 Å². The average Bonchev–Trinajstić information content (AvgIpc) is 3.17. The first-order chi connectivity index (χ1) is 16.0. The van der Waals surface area contributed by atoms with Gasteiger partial charge in [-0.2, -0.15) is 4.99 Å². The standard InChI is InChI=1S/C25H19ClN2O4S/c1-31-21-13-17(7-12-20(21)32-15-16-5-3-2-4-6-16)14-22-24(30)28-25(33-22)27-23(29)18-8-10-19(26)11-9-18/h2-14H,15H2,1H3,(H,27,28,29,30)/b22-14-. The Bertz CT molecular complexity index is 1240. The fourth-order valence-electron chi connectivity index (χ4n) is 3.01. The van der Waals surface area contributed by atoms with Gasteiger partial charge in [-0.15, -0.1) is 0 Å². The molecular formula is C25H19ClN2O4S. The summed E-state index contributed by atoms with van der Waals surface area (Å²) in [6.07, 6.45) is 1.71. The molecule has 0 atom stereocenters. The Hall–Kier alpha value is -3.55. The van der Waals surface area contributed by atoms with Gasteiger partial charge in [-0.05, 0) is 65.4 Å². The number of carbonyl (C=O) groups is 2. The van der Waals surface area contributed by atoms with E-state index in [9.17, 15) is 9.59 Å². The maximum atomic E-state index is 12.4. The van der Waals surface area contributed by atoms with Gasteiger partial charge in [0.25, 0.3) is 11.8 Å². The summed E-state index contributed by atoms with van der Waals surface area (Å²) in [5.74, 6) is 0.363. The summed E-state index contributed by atoms with van der Waals surface area (Å²) in [4.78, 5) is 29.1. The predicted octanol–water partition coefficient (Wildman–Crippen LogP) is 5.33. The molecule has 0 spiro atoms. The quantitative estimate of drug-likeness (QED) is 0.485. The number of amidine groups is 1. The van der Waals surface area contributed by atoms with Gasteiger partial charge in [0.05, 0.1) is 12.0 Å². The molecule has 1 heterocycles. The predicted molar refractivity (Wildman–Crippen MR) is 131 cm³/mol. The van der Waals surface area contributed by atoms with Gasteiger partial charge in [-0.25, -0.2) is 0 Å². The molecule has 0 aromatic heterocycles. The Balaban J connectivity index is 1.47. The van der Waals surface area contributed by atoms with Crippen molar-refractivity contribution in [3.63, 3.8) is 0 Å². The Morgan fingerprint density at radius 1 is 1.06 bits per heavy atom. The molecule has 33 heavy (non-hydrogen) atoms. The number of carbonyl (C=O) groups excluding carboxylic acids is 2. The van der Waals surface area contributed by atoms with Gasteiger partial charge in [0.15, 0.2) is 16.7 Å². The molecule has 0 radical (unpaired) electrons. The Morgan fingerprint density at radius 3 is 2.55 bits per heavy atom. The zero-order valence-corrected chi connectivity index (χ0v) is 19.2. The first kappa shape index (κ1) is 22.6. The van der Waals surface area contributed by atoms with Gasteiger partial charge < -0.3 is 14.8 Å². The van der Waals surface area contributed by atoms with Gasteiger partial charge in [0.2, 0.25) is 0 Å². The SMILES string of the molecule is COc1cc(/C=C2\SC(=NC(=O)c3ccc(Cl)cc3)NC2=O)ccc1OCc1ccccc1. The second-order valence-electron chi connectivity index (χ2n) is 6.98. The second-order valence-corrected chi connectivity index (χ2v) is 8.45. The number of thioether (sulfide) groups is 1. The maximum absolute atomic E-state index is 12.4. The monoisotopic (exact) mass is 478 g/mol. The summed E-state index contributed by atoms with van der Waals surface area (Å²) >= 11 is 6.94. The summed E-state index contributed by atoms with van der Waals surface area (Å²) < 4.78 is 11.3. The molecule has 0 unspecified atom stereocenters. The van der Waals surface area contributed by atoms with E-state index in [1.54, 1.807) is 49.6 Å². The number of nitrogens with zero attached hydrogens (tertiary/aromatic N) is 1. The van der Waals surface area contributed by atoms with Gasteiger partial charge in [-0.3, -0.25) is 9.59 Å². The van der Waals surface area contributed by atoms with E-state index in [-0.39, 0.29) is 11.1 Å². The molecule has 1 aliphatic heterocycles. The molecule has 0 saturated carbocycles. The lowest BCUT2D eigenvalue weighted by molar-refractivity contribution is -0.115. The summed E-state index contributed by atoms with van der Waals surface area (Å²) in [7, 11) is 1.56. The third-order valence-electron chi connectivity index (χ3n) is 4.67. The lowest BCUT2D eigenvalue weighted by Gasteiger charge is -2.11. The fourth-order valence-corrected chi connectivity index (χ4v) is 3.95. The number of hydrogen-bond donors (Lipinski definition) is 1. The van der Waals surface area contributed by atoms with Crippen LogP contribution in [0.15, 0.2) is 82.7 Å². The highest BCUT2D eigenvalue weighted by Crippen LogP contribution is 2.32. The Kier molecular flexibility index (Phi) is 7.12. The van der Waals surface area contributed by atoms with Gasteiger partial charge in [-0.1, -0.05) is 48.0 Å². The minimum atomic E-state index is -0.461. The number of benzene rings is 3. The normalized spacial score (nSPS) is 15.5. The van der Waals surface area contributed by atoms with E-state index in [1.807, 2.05) is 36.4 Å². The summed E-state index contributed by atoms with van der Waals surface area (Å²) in [6.45, 7) is 0.414. The number of aliphatic imine (C=N–C) groups is 1. The molecule has 1 aliphatic rings.